The molecule has 3 aromatic rings. The van der Waals surface area contributed by atoms with E-state index in [1.54, 1.807) is 11.3 Å². The van der Waals surface area contributed by atoms with Crippen LogP contribution in [0.2, 0.25) is 0 Å². The van der Waals surface area contributed by atoms with Gasteiger partial charge < -0.3 is 10.3 Å². The van der Waals surface area contributed by atoms with Crippen molar-refractivity contribution in [3.63, 3.8) is 0 Å². The molecular weight excluding hydrogens is 256 g/mol. The largest absolute Gasteiger partial charge is 0.351 e. The van der Waals surface area contributed by atoms with E-state index in [1.165, 1.54) is 0 Å². The van der Waals surface area contributed by atoms with Gasteiger partial charge in [-0.1, -0.05) is 18.2 Å². The van der Waals surface area contributed by atoms with Crippen LogP contribution in [0.1, 0.15) is 29.0 Å². The number of benzene rings is 1. The predicted octanol–water partition coefficient (Wildman–Crippen LogP) is 3.72. The molecule has 1 aromatic carbocycles. The third-order valence-corrected chi connectivity index (χ3v) is 3.87. The number of thiophene rings is 1. The van der Waals surface area contributed by atoms with Crippen molar-refractivity contribution in [3.8, 4) is 0 Å². The molecule has 1 amide bonds. The van der Waals surface area contributed by atoms with E-state index in [1.807, 2.05) is 48.7 Å². The van der Waals surface area contributed by atoms with E-state index in [9.17, 15) is 4.79 Å². The average molecular weight is 270 g/mol. The van der Waals surface area contributed by atoms with E-state index in [0.717, 1.165) is 16.5 Å². The molecule has 3 nitrogen and oxygen atoms in total. The monoisotopic (exact) mass is 270 g/mol. The molecule has 0 radical (unpaired) electrons. The van der Waals surface area contributed by atoms with Gasteiger partial charge in [-0.2, -0.15) is 11.3 Å². The number of carbonyl (C=O) groups is 1. The van der Waals surface area contributed by atoms with Crippen LogP contribution in [0, 0.1) is 0 Å². The van der Waals surface area contributed by atoms with Gasteiger partial charge in [0.2, 0.25) is 0 Å². The molecule has 2 N–H and O–H groups in total. The summed E-state index contributed by atoms with van der Waals surface area (Å²) in [6.07, 6.45) is 0. The predicted molar refractivity (Wildman–Crippen MR) is 78.5 cm³/mol. The van der Waals surface area contributed by atoms with Crippen LogP contribution in [-0.2, 0) is 0 Å². The summed E-state index contributed by atoms with van der Waals surface area (Å²) >= 11 is 1.64. The first-order valence-corrected chi connectivity index (χ1v) is 7.09. The minimum atomic E-state index is -0.0742. The van der Waals surface area contributed by atoms with E-state index < -0.39 is 0 Å². The Bertz CT molecular complexity index is 667. The molecule has 0 saturated heterocycles. The summed E-state index contributed by atoms with van der Waals surface area (Å²) < 4.78 is 0. The van der Waals surface area contributed by atoms with Crippen molar-refractivity contribution in [3.05, 3.63) is 58.4 Å². The number of fused-ring (bicyclic) bond motifs is 1. The maximum absolute atomic E-state index is 12.2. The number of nitrogens with one attached hydrogen (secondary N) is 2. The fourth-order valence-corrected chi connectivity index (χ4v) is 2.83. The summed E-state index contributed by atoms with van der Waals surface area (Å²) in [6, 6.07) is 11.8. The molecule has 0 saturated carbocycles. The minimum Gasteiger partial charge on any atom is -0.351 e. The fourth-order valence-electron chi connectivity index (χ4n) is 2.07. The van der Waals surface area contributed by atoms with Crippen LogP contribution in [0.25, 0.3) is 10.9 Å². The molecule has 0 fully saturated rings. The zero-order chi connectivity index (χ0) is 13.2. The number of carbonyl (C=O) groups excluding carboxylic acids is 1. The highest BCUT2D eigenvalue weighted by molar-refractivity contribution is 7.07. The van der Waals surface area contributed by atoms with Gasteiger partial charge in [-0.25, -0.2) is 0 Å². The lowest BCUT2D eigenvalue weighted by Crippen LogP contribution is -2.26. The molecule has 0 aliphatic carbocycles. The Hall–Kier alpha value is -2.07. The van der Waals surface area contributed by atoms with Crippen LogP contribution >= 0.6 is 11.3 Å². The van der Waals surface area contributed by atoms with Gasteiger partial charge in [-0.05, 0) is 41.4 Å². The molecule has 4 heteroatoms. The average Bonchev–Trinajstić information content (AvgIpc) is 3.07. The molecule has 1 atom stereocenters. The van der Waals surface area contributed by atoms with Crippen molar-refractivity contribution in [2.24, 2.45) is 0 Å². The first-order valence-electron chi connectivity index (χ1n) is 6.15. The van der Waals surface area contributed by atoms with E-state index in [-0.39, 0.29) is 11.9 Å². The number of hydrogen-bond acceptors (Lipinski definition) is 2. The second-order valence-electron chi connectivity index (χ2n) is 4.52. The second kappa shape index (κ2) is 4.90. The van der Waals surface area contributed by atoms with Gasteiger partial charge in [-0.3, -0.25) is 4.79 Å². The highest BCUT2D eigenvalue weighted by atomic mass is 32.1. The standard InChI is InChI=1S/C15H14N2OS/c1-10(12-6-7-19-9-12)16-15(18)14-8-11-4-2-3-5-13(11)17-14/h2-10,17H,1H3,(H,16,18). The van der Waals surface area contributed by atoms with Gasteiger partial charge in [-0.15, -0.1) is 0 Å². The first kappa shape index (κ1) is 12.0. The number of hydrogen-bond donors (Lipinski definition) is 2. The van der Waals surface area contributed by atoms with Gasteiger partial charge in [0.1, 0.15) is 5.69 Å². The van der Waals surface area contributed by atoms with Crippen molar-refractivity contribution < 1.29 is 4.79 Å². The SMILES string of the molecule is CC(NC(=O)c1cc2ccccc2[nH]1)c1ccsc1. The summed E-state index contributed by atoms with van der Waals surface area (Å²) in [5.41, 5.74) is 2.72. The molecule has 96 valence electrons. The van der Waals surface area contributed by atoms with Crippen molar-refractivity contribution in [1.29, 1.82) is 0 Å². The molecule has 1 unspecified atom stereocenters. The highest BCUT2D eigenvalue weighted by Gasteiger charge is 2.13. The van der Waals surface area contributed by atoms with Crippen LogP contribution in [0.3, 0.4) is 0 Å². The zero-order valence-corrected chi connectivity index (χ0v) is 11.3. The zero-order valence-electron chi connectivity index (χ0n) is 10.5. The Morgan fingerprint density at radius 2 is 2.16 bits per heavy atom. The maximum atomic E-state index is 12.2. The minimum absolute atomic E-state index is 0.0187. The number of rotatable bonds is 3. The maximum Gasteiger partial charge on any atom is 0.268 e. The van der Waals surface area contributed by atoms with Gasteiger partial charge in [0.05, 0.1) is 6.04 Å². The van der Waals surface area contributed by atoms with Crippen molar-refractivity contribution >= 4 is 28.1 Å². The highest BCUT2D eigenvalue weighted by Crippen LogP contribution is 2.18. The third-order valence-electron chi connectivity index (χ3n) is 3.17. The Balaban J connectivity index is 1.80. The number of amides is 1. The van der Waals surface area contributed by atoms with E-state index >= 15 is 0 Å². The number of aromatic amines is 1. The van der Waals surface area contributed by atoms with Crippen LogP contribution in [-0.4, -0.2) is 10.9 Å². The van der Waals surface area contributed by atoms with Crippen LogP contribution in [0.15, 0.2) is 47.2 Å². The quantitative estimate of drug-likeness (QED) is 0.748. The Labute approximate surface area is 115 Å². The summed E-state index contributed by atoms with van der Waals surface area (Å²) in [6.45, 7) is 1.99. The molecule has 0 bridgehead atoms. The molecular formula is C15H14N2OS. The third kappa shape index (κ3) is 2.39. The molecule has 2 aromatic heterocycles. The Morgan fingerprint density at radius 3 is 2.89 bits per heavy atom. The molecule has 2 heterocycles. The van der Waals surface area contributed by atoms with Gasteiger partial charge in [0.25, 0.3) is 5.91 Å². The van der Waals surface area contributed by atoms with Crippen molar-refractivity contribution in [2.75, 3.05) is 0 Å². The topological polar surface area (TPSA) is 44.9 Å². The van der Waals surface area contributed by atoms with Crippen LogP contribution < -0.4 is 5.32 Å². The normalized spacial score (nSPS) is 12.5. The lowest BCUT2D eigenvalue weighted by atomic mass is 10.2. The Morgan fingerprint density at radius 1 is 1.32 bits per heavy atom. The Kier molecular flexibility index (Phi) is 3.09. The number of aromatic nitrogens is 1. The fraction of sp³-hybridized carbons (Fsp3) is 0.133. The van der Waals surface area contributed by atoms with Crippen molar-refractivity contribution in [2.45, 2.75) is 13.0 Å². The van der Waals surface area contributed by atoms with E-state index in [0.29, 0.717) is 5.69 Å². The molecule has 0 spiro atoms. The lowest BCUT2D eigenvalue weighted by molar-refractivity contribution is 0.0936. The number of para-hydroxylation sites is 1. The van der Waals surface area contributed by atoms with Gasteiger partial charge in [0.15, 0.2) is 0 Å². The van der Waals surface area contributed by atoms with Crippen LogP contribution in [0.5, 0.6) is 0 Å². The molecule has 0 aliphatic rings. The van der Waals surface area contributed by atoms with Crippen LogP contribution in [0.4, 0.5) is 0 Å². The van der Waals surface area contributed by atoms with E-state index in [2.05, 4.69) is 15.7 Å². The summed E-state index contributed by atoms with van der Waals surface area (Å²) in [7, 11) is 0. The smallest absolute Gasteiger partial charge is 0.268 e. The van der Waals surface area contributed by atoms with Gasteiger partial charge >= 0.3 is 0 Å². The lowest BCUT2D eigenvalue weighted by Gasteiger charge is -2.11. The molecule has 3 rings (SSSR count). The van der Waals surface area contributed by atoms with E-state index in [4.69, 9.17) is 0 Å². The summed E-state index contributed by atoms with van der Waals surface area (Å²) in [5, 5.41) is 8.11. The second-order valence-corrected chi connectivity index (χ2v) is 5.30. The molecule has 0 aliphatic heterocycles. The number of H-pyrrole nitrogens is 1. The van der Waals surface area contributed by atoms with Crippen molar-refractivity contribution in [1.82, 2.24) is 10.3 Å². The summed E-state index contributed by atoms with van der Waals surface area (Å²) in [4.78, 5) is 15.3. The van der Waals surface area contributed by atoms with Gasteiger partial charge in [0, 0.05) is 10.9 Å². The molecule has 19 heavy (non-hydrogen) atoms. The first-order chi connectivity index (χ1) is 9.24. The summed E-state index contributed by atoms with van der Waals surface area (Å²) in [5.74, 6) is -0.0742.